The Morgan fingerprint density at radius 3 is 2.69 bits per heavy atom. The van der Waals surface area contributed by atoms with Crippen molar-refractivity contribution in [2.24, 2.45) is 5.73 Å². The number of carbonyl (C=O) groups is 1. The summed E-state index contributed by atoms with van der Waals surface area (Å²) in [5.41, 5.74) is 7.80. The van der Waals surface area contributed by atoms with Crippen LogP contribution < -0.4 is 5.73 Å². The van der Waals surface area contributed by atoms with Gasteiger partial charge in [-0.2, -0.15) is 0 Å². The predicted octanol–water partition coefficient (Wildman–Crippen LogP) is 1.38. The number of methoxy groups -OCH3 is 1. The normalized spacial score (nSPS) is 14.2. The molecule has 1 rings (SSSR count). The molecule has 0 spiro atoms. The summed E-state index contributed by atoms with van der Waals surface area (Å²) in [6.45, 7) is 3.80. The zero-order valence-electron chi connectivity index (χ0n) is 9.93. The van der Waals surface area contributed by atoms with Gasteiger partial charge in [-0.05, 0) is 25.5 Å². The largest absolute Gasteiger partial charge is 0.469 e. The van der Waals surface area contributed by atoms with Crippen LogP contribution in [-0.4, -0.2) is 24.1 Å². The number of aryl methyl sites for hydroxylation is 1. The highest BCUT2D eigenvalue weighted by Crippen LogP contribution is 2.22. The van der Waals surface area contributed by atoms with E-state index in [0.29, 0.717) is 6.42 Å². The fourth-order valence-electron chi connectivity index (χ4n) is 1.57. The molecule has 0 fully saturated rings. The van der Waals surface area contributed by atoms with E-state index in [9.17, 15) is 4.79 Å². The number of nitrogens with zero attached hydrogens (tertiary/aromatic N) is 1. The minimum atomic E-state index is -0.247. The van der Waals surface area contributed by atoms with E-state index < -0.39 is 0 Å². The van der Waals surface area contributed by atoms with Gasteiger partial charge in [-0.15, -0.1) is 0 Å². The second-order valence-corrected chi connectivity index (χ2v) is 3.98. The average Bonchev–Trinajstić information content (AvgIpc) is 2.26. The van der Waals surface area contributed by atoms with Gasteiger partial charge in [0.2, 0.25) is 0 Å². The van der Waals surface area contributed by atoms with E-state index in [1.54, 1.807) is 6.20 Å². The summed E-state index contributed by atoms with van der Waals surface area (Å²) < 4.78 is 4.66. The Kier molecular flexibility index (Phi) is 4.43. The van der Waals surface area contributed by atoms with Gasteiger partial charge in [0.05, 0.1) is 13.5 Å². The molecule has 0 aliphatic rings. The maximum Gasteiger partial charge on any atom is 0.306 e. The van der Waals surface area contributed by atoms with Gasteiger partial charge in [0.1, 0.15) is 0 Å². The molecule has 1 aromatic rings. The number of carbonyl (C=O) groups excluding carboxylic acids is 1. The highest BCUT2D eigenvalue weighted by Gasteiger charge is 2.20. The summed E-state index contributed by atoms with van der Waals surface area (Å²) in [6.07, 6.45) is 2.06. The van der Waals surface area contributed by atoms with Crippen LogP contribution in [0.2, 0.25) is 0 Å². The van der Waals surface area contributed by atoms with E-state index in [0.717, 1.165) is 11.3 Å². The first kappa shape index (κ1) is 12.6. The van der Waals surface area contributed by atoms with Crippen LogP contribution in [0, 0.1) is 6.92 Å². The number of ether oxygens (including phenoxy) is 1. The lowest BCUT2D eigenvalue weighted by molar-refractivity contribution is -0.141. The lowest BCUT2D eigenvalue weighted by Gasteiger charge is -2.19. The molecule has 0 amide bonds. The molecule has 0 aliphatic carbocycles. The number of aromatic nitrogens is 1. The van der Waals surface area contributed by atoms with Gasteiger partial charge >= 0.3 is 5.97 Å². The SMILES string of the molecule is COC(=O)CC(c1ccc(C)nc1)C(C)N. The molecule has 1 heterocycles. The van der Waals surface area contributed by atoms with Crippen LogP contribution in [0.1, 0.15) is 30.5 Å². The Hall–Kier alpha value is -1.42. The summed E-state index contributed by atoms with van der Waals surface area (Å²) in [4.78, 5) is 15.5. The van der Waals surface area contributed by atoms with Crippen molar-refractivity contribution in [2.45, 2.75) is 32.2 Å². The van der Waals surface area contributed by atoms with E-state index in [1.165, 1.54) is 7.11 Å². The lowest BCUT2D eigenvalue weighted by atomic mass is 9.91. The molecular formula is C12H18N2O2. The highest BCUT2D eigenvalue weighted by atomic mass is 16.5. The minimum Gasteiger partial charge on any atom is -0.469 e. The summed E-state index contributed by atoms with van der Waals surface area (Å²) >= 11 is 0. The Balaban J connectivity index is 2.85. The third-order valence-electron chi connectivity index (χ3n) is 2.61. The Bertz CT molecular complexity index is 347. The van der Waals surface area contributed by atoms with Crippen LogP contribution >= 0.6 is 0 Å². The topological polar surface area (TPSA) is 65.2 Å². The maximum atomic E-state index is 11.3. The van der Waals surface area contributed by atoms with Crippen LogP contribution in [0.25, 0.3) is 0 Å². The van der Waals surface area contributed by atoms with Crippen molar-refractivity contribution in [2.75, 3.05) is 7.11 Å². The van der Waals surface area contributed by atoms with Crippen molar-refractivity contribution < 1.29 is 9.53 Å². The van der Waals surface area contributed by atoms with Crippen LogP contribution in [-0.2, 0) is 9.53 Å². The molecule has 0 saturated carbocycles. The highest BCUT2D eigenvalue weighted by molar-refractivity contribution is 5.70. The molecule has 1 aromatic heterocycles. The van der Waals surface area contributed by atoms with Crippen LogP contribution in [0.15, 0.2) is 18.3 Å². The van der Waals surface area contributed by atoms with Gasteiger partial charge in [0.15, 0.2) is 0 Å². The van der Waals surface area contributed by atoms with Gasteiger partial charge in [0, 0.05) is 23.9 Å². The standard InChI is InChI=1S/C12H18N2O2/c1-8-4-5-10(7-14-8)11(9(2)13)6-12(15)16-3/h4-5,7,9,11H,6,13H2,1-3H3. The predicted molar refractivity (Wildman–Crippen MR) is 62.0 cm³/mol. The maximum absolute atomic E-state index is 11.3. The Morgan fingerprint density at radius 1 is 1.56 bits per heavy atom. The summed E-state index contributed by atoms with van der Waals surface area (Å²) in [7, 11) is 1.38. The summed E-state index contributed by atoms with van der Waals surface area (Å²) in [6, 6.07) is 3.77. The third kappa shape index (κ3) is 3.31. The first-order chi connectivity index (χ1) is 7.54. The molecule has 0 aliphatic heterocycles. The molecule has 0 aromatic carbocycles. The van der Waals surface area contributed by atoms with E-state index in [-0.39, 0.29) is 17.9 Å². The van der Waals surface area contributed by atoms with Crippen LogP contribution in [0.3, 0.4) is 0 Å². The molecule has 0 saturated heterocycles. The smallest absolute Gasteiger partial charge is 0.306 e. The molecule has 4 nitrogen and oxygen atoms in total. The quantitative estimate of drug-likeness (QED) is 0.782. The molecule has 0 bridgehead atoms. The molecule has 2 N–H and O–H groups in total. The molecule has 0 radical (unpaired) electrons. The lowest BCUT2D eigenvalue weighted by Crippen LogP contribution is -2.27. The van der Waals surface area contributed by atoms with Crippen LogP contribution in [0.4, 0.5) is 0 Å². The first-order valence-corrected chi connectivity index (χ1v) is 5.29. The van der Waals surface area contributed by atoms with Gasteiger partial charge in [-0.3, -0.25) is 9.78 Å². The monoisotopic (exact) mass is 222 g/mol. The molecular weight excluding hydrogens is 204 g/mol. The van der Waals surface area contributed by atoms with E-state index in [2.05, 4.69) is 9.72 Å². The fraction of sp³-hybridized carbons (Fsp3) is 0.500. The van der Waals surface area contributed by atoms with Gasteiger partial charge < -0.3 is 10.5 Å². The summed E-state index contributed by atoms with van der Waals surface area (Å²) in [5, 5.41) is 0. The van der Waals surface area contributed by atoms with Gasteiger partial charge in [-0.25, -0.2) is 0 Å². The second kappa shape index (κ2) is 5.61. The second-order valence-electron chi connectivity index (χ2n) is 3.98. The Morgan fingerprint density at radius 2 is 2.25 bits per heavy atom. The van der Waals surface area contributed by atoms with Crippen LogP contribution in [0.5, 0.6) is 0 Å². The van der Waals surface area contributed by atoms with Crippen molar-refractivity contribution in [3.8, 4) is 0 Å². The molecule has 4 heteroatoms. The van der Waals surface area contributed by atoms with E-state index in [1.807, 2.05) is 26.0 Å². The average molecular weight is 222 g/mol. The Labute approximate surface area is 95.8 Å². The fourth-order valence-corrected chi connectivity index (χ4v) is 1.57. The van der Waals surface area contributed by atoms with Crippen molar-refractivity contribution in [3.05, 3.63) is 29.6 Å². The number of rotatable bonds is 4. The molecule has 88 valence electrons. The van der Waals surface area contributed by atoms with E-state index in [4.69, 9.17) is 5.73 Å². The van der Waals surface area contributed by atoms with E-state index >= 15 is 0 Å². The zero-order valence-corrected chi connectivity index (χ0v) is 9.93. The van der Waals surface area contributed by atoms with Gasteiger partial charge in [-0.1, -0.05) is 6.07 Å². The number of nitrogens with two attached hydrogens (primary N) is 1. The minimum absolute atomic E-state index is 0.0412. The first-order valence-electron chi connectivity index (χ1n) is 5.29. The molecule has 2 atom stereocenters. The zero-order chi connectivity index (χ0) is 12.1. The van der Waals surface area contributed by atoms with Gasteiger partial charge in [0.25, 0.3) is 0 Å². The van der Waals surface area contributed by atoms with Crippen molar-refractivity contribution in [1.29, 1.82) is 0 Å². The summed E-state index contributed by atoms with van der Waals surface area (Å²) in [5.74, 6) is -0.288. The molecule has 2 unspecified atom stereocenters. The van der Waals surface area contributed by atoms with Crippen molar-refractivity contribution in [1.82, 2.24) is 4.98 Å². The molecule has 16 heavy (non-hydrogen) atoms. The number of hydrogen-bond acceptors (Lipinski definition) is 4. The number of pyridine rings is 1. The van der Waals surface area contributed by atoms with Crippen molar-refractivity contribution >= 4 is 5.97 Å². The number of esters is 1. The van der Waals surface area contributed by atoms with Crippen molar-refractivity contribution in [3.63, 3.8) is 0 Å². The number of hydrogen-bond donors (Lipinski definition) is 1. The third-order valence-corrected chi connectivity index (χ3v) is 2.61.